The third-order valence-corrected chi connectivity index (χ3v) is 7.66. The van der Waals surface area contributed by atoms with Crippen LogP contribution >= 0.6 is 0 Å². The van der Waals surface area contributed by atoms with E-state index in [-0.39, 0.29) is 17.8 Å². The number of piperidine rings is 3. The Kier molecular flexibility index (Phi) is 7.07. The number of aryl methyl sites for hydroxylation is 1. The van der Waals surface area contributed by atoms with Crippen LogP contribution in [0.5, 0.6) is 0 Å². The molecule has 0 aliphatic carbocycles. The van der Waals surface area contributed by atoms with Crippen LogP contribution < -0.4 is 0 Å². The summed E-state index contributed by atoms with van der Waals surface area (Å²) in [6.45, 7) is 4.63. The molecule has 3 heterocycles. The summed E-state index contributed by atoms with van der Waals surface area (Å²) < 4.78 is 40.0. The number of ketones is 1. The van der Waals surface area contributed by atoms with Crippen molar-refractivity contribution >= 4 is 11.9 Å². The normalized spacial score (nSPS) is 22.6. The van der Waals surface area contributed by atoms with Gasteiger partial charge in [0.1, 0.15) is 24.7 Å². The predicted molar refractivity (Wildman–Crippen MR) is 134 cm³/mol. The number of fused-ring (bicyclic) bond motifs is 3. The van der Waals surface area contributed by atoms with Crippen molar-refractivity contribution < 1.29 is 32.3 Å². The van der Waals surface area contributed by atoms with E-state index in [1.807, 2.05) is 31.2 Å². The highest BCUT2D eigenvalue weighted by molar-refractivity contribution is 5.97. The van der Waals surface area contributed by atoms with E-state index in [1.165, 1.54) is 36.4 Å². The second-order valence-electron chi connectivity index (χ2n) is 10.3. The molecule has 1 atom stereocenters. The highest BCUT2D eigenvalue weighted by atomic mass is 19.1. The van der Waals surface area contributed by atoms with Gasteiger partial charge in [0.05, 0.1) is 13.1 Å². The molecule has 0 amide bonds. The molecule has 192 valence electrons. The van der Waals surface area contributed by atoms with Crippen LogP contribution in [0.1, 0.15) is 46.0 Å². The first-order chi connectivity index (χ1) is 17.8. The van der Waals surface area contributed by atoms with Gasteiger partial charge in [0.25, 0.3) is 0 Å². The Bertz CT molecular complexity index is 1240. The maximum absolute atomic E-state index is 13.9. The van der Waals surface area contributed by atoms with Gasteiger partial charge in [-0.1, -0.05) is 54.1 Å². The van der Waals surface area contributed by atoms with Gasteiger partial charge in [-0.3, -0.25) is 4.79 Å². The van der Waals surface area contributed by atoms with Crippen molar-refractivity contribution in [3.63, 3.8) is 0 Å². The molecule has 37 heavy (non-hydrogen) atoms. The summed E-state index contributed by atoms with van der Waals surface area (Å²) >= 11 is 0. The first-order valence-electron chi connectivity index (χ1n) is 12.6. The van der Waals surface area contributed by atoms with E-state index in [2.05, 4.69) is 0 Å². The molecule has 3 aliphatic heterocycles. The lowest BCUT2D eigenvalue weighted by atomic mass is 9.83. The molecule has 3 fully saturated rings. The summed E-state index contributed by atoms with van der Waals surface area (Å²) in [5.41, 5.74) is 2.55. The highest BCUT2D eigenvalue weighted by Gasteiger charge is 2.49. The molecule has 0 N–H and O–H groups in total. The highest BCUT2D eigenvalue weighted by Crippen LogP contribution is 2.37. The van der Waals surface area contributed by atoms with E-state index in [4.69, 9.17) is 9.47 Å². The molecule has 0 spiro atoms. The quantitative estimate of drug-likeness (QED) is 0.224. The van der Waals surface area contributed by atoms with Gasteiger partial charge in [0, 0.05) is 35.4 Å². The van der Waals surface area contributed by atoms with Crippen LogP contribution in [0, 0.1) is 24.5 Å². The van der Waals surface area contributed by atoms with E-state index in [1.54, 1.807) is 12.1 Å². The molecule has 7 heteroatoms. The summed E-state index contributed by atoms with van der Waals surface area (Å²) in [7, 11) is 0. The lowest BCUT2D eigenvalue weighted by molar-refractivity contribution is -0.938. The number of carbonyl (C=O) groups excluding carboxylic acids is 2. The van der Waals surface area contributed by atoms with Crippen LogP contribution in [0.4, 0.5) is 13.6 Å². The molecule has 0 radical (unpaired) electrons. The fourth-order valence-corrected chi connectivity index (χ4v) is 5.63. The van der Waals surface area contributed by atoms with Gasteiger partial charge in [-0.05, 0) is 31.2 Å². The summed E-state index contributed by atoms with van der Waals surface area (Å²) in [5, 5.41) is 0. The third kappa shape index (κ3) is 5.72. The zero-order valence-electron chi connectivity index (χ0n) is 20.7. The van der Waals surface area contributed by atoms with Gasteiger partial charge in [0.2, 0.25) is 5.78 Å². The number of hydrogen-bond donors (Lipinski definition) is 0. The zero-order chi connectivity index (χ0) is 26.0. The smallest absolute Gasteiger partial charge is 0.425 e. The molecule has 6 rings (SSSR count). The number of nitrogens with zero attached hydrogens (tertiary/aromatic N) is 1. The van der Waals surface area contributed by atoms with Crippen molar-refractivity contribution in [3.8, 4) is 0 Å². The third-order valence-electron chi connectivity index (χ3n) is 7.66. The average molecular weight is 507 g/mol. The van der Waals surface area contributed by atoms with Crippen LogP contribution in [-0.4, -0.2) is 48.7 Å². The summed E-state index contributed by atoms with van der Waals surface area (Å²) in [4.78, 5) is 26.0. The van der Waals surface area contributed by atoms with Crippen molar-refractivity contribution in [2.24, 2.45) is 5.92 Å². The molecule has 3 saturated heterocycles. The number of halogens is 2. The number of Topliss-reactive ketones (excluding diaryl/α,β-unsaturated/α-hetero) is 1. The van der Waals surface area contributed by atoms with Gasteiger partial charge in [-0.25, -0.2) is 13.6 Å². The minimum Gasteiger partial charge on any atom is -0.425 e. The largest absolute Gasteiger partial charge is 0.509 e. The lowest BCUT2D eigenvalue weighted by Gasteiger charge is -2.51. The van der Waals surface area contributed by atoms with Crippen molar-refractivity contribution in [2.75, 3.05) is 26.2 Å². The summed E-state index contributed by atoms with van der Waals surface area (Å²) in [6, 6.07) is 19.0. The van der Waals surface area contributed by atoms with E-state index in [0.29, 0.717) is 34.3 Å². The van der Waals surface area contributed by atoms with Crippen LogP contribution in [0.25, 0.3) is 0 Å². The second-order valence-corrected chi connectivity index (χ2v) is 10.3. The Morgan fingerprint density at radius 2 is 1.51 bits per heavy atom. The van der Waals surface area contributed by atoms with Crippen molar-refractivity contribution in [1.82, 2.24) is 0 Å². The molecule has 0 aromatic heterocycles. The van der Waals surface area contributed by atoms with Gasteiger partial charge >= 0.3 is 6.16 Å². The minimum atomic E-state index is -1.02. The van der Waals surface area contributed by atoms with Gasteiger partial charge in [0.15, 0.2) is 12.2 Å². The molecule has 3 aliphatic rings. The molecule has 5 nitrogen and oxygen atoms in total. The Balaban J connectivity index is 1.29. The molecule has 3 aromatic rings. The maximum atomic E-state index is 13.9. The molecular formula is C30H30F2NO4+. The first kappa shape index (κ1) is 25.1. The fraction of sp³-hybridized carbons (Fsp3) is 0.333. The van der Waals surface area contributed by atoms with Crippen LogP contribution in [0.15, 0.2) is 72.8 Å². The van der Waals surface area contributed by atoms with Gasteiger partial charge in [-0.2, -0.15) is 0 Å². The van der Waals surface area contributed by atoms with Crippen molar-refractivity contribution in [3.05, 3.63) is 107 Å². The predicted octanol–water partition coefficient (Wildman–Crippen LogP) is 6.01. The molecule has 2 bridgehead atoms. The average Bonchev–Trinajstić information content (AvgIpc) is 2.88. The van der Waals surface area contributed by atoms with Crippen molar-refractivity contribution in [1.29, 1.82) is 0 Å². The fourth-order valence-electron chi connectivity index (χ4n) is 5.63. The number of rotatable bonds is 7. The van der Waals surface area contributed by atoms with E-state index >= 15 is 0 Å². The molecular weight excluding hydrogens is 476 g/mol. The topological polar surface area (TPSA) is 52.6 Å². The number of hydrogen-bond acceptors (Lipinski definition) is 4. The first-order valence-corrected chi connectivity index (χ1v) is 12.6. The molecule has 3 aromatic carbocycles. The maximum Gasteiger partial charge on any atom is 0.509 e. The monoisotopic (exact) mass is 506 g/mol. The SMILES string of the molecule is Cc1ccc(C(=O)C[N+]23CCC(CC2)C(OC(=O)OC(c2cccc(F)c2)c2cccc(F)c2)C3)cc1. The molecule has 0 saturated carbocycles. The molecule has 1 unspecified atom stereocenters. The van der Waals surface area contributed by atoms with E-state index < -0.39 is 23.9 Å². The minimum absolute atomic E-state index is 0.0824. The van der Waals surface area contributed by atoms with Crippen molar-refractivity contribution in [2.45, 2.75) is 32.0 Å². The zero-order valence-corrected chi connectivity index (χ0v) is 20.7. The van der Waals surface area contributed by atoms with Gasteiger partial charge < -0.3 is 14.0 Å². The standard InChI is InChI=1S/C30H30F2NO4/c1-20-8-10-21(11-9-20)27(34)18-33-14-12-22(13-15-33)28(19-33)36-30(35)37-29(23-4-2-6-25(31)16-23)24-5-3-7-26(32)17-24/h2-11,16-17,22,28-29H,12-15,18-19H2,1H3/q+1. The Morgan fingerprint density at radius 3 is 2.08 bits per heavy atom. The van der Waals surface area contributed by atoms with E-state index in [0.717, 1.165) is 31.5 Å². The Hall–Kier alpha value is -3.58. The number of quaternary nitrogens is 1. The number of ether oxygens (including phenoxy) is 2. The van der Waals surface area contributed by atoms with E-state index in [9.17, 15) is 18.4 Å². The summed E-state index contributed by atoms with van der Waals surface area (Å²) in [5.74, 6) is -0.696. The Labute approximate surface area is 215 Å². The van der Waals surface area contributed by atoms with Crippen LogP contribution in [-0.2, 0) is 9.47 Å². The van der Waals surface area contributed by atoms with Gasteiger partial charge in [-0.15, -0.1) is 0 Å². The summed E-state index contributed by atoms with van der Waals surface area (Å²) in [6.07, 6.45) is -0.583. The number of carbonyl (C=O) groups is 2. The van der Waals surface area contributed by atoms with Crippen LogP contribution in [0.2, 0.25) is 0 Å². The Morgan fingerprint density at radius 1 is 0.919 bits per heavy atom. The van der Waals surface area contributed by atoms with Crippen LogP contribution in [0.3, 0.4) is 0 Å². The number of benzene rings is 3. The second kappa shape index (κ2) is 10.4. The lowest BCUT2D eigenvalue weighted by Crippen LogP contribution is -2.65.